The Balaban J connectivity index is 1.58. The summed E-state index contributed by atoms with van der Waals surface area (Å²) < 4.78 is 5.22. The van der Waals surface area contributed by atoms with E-state index in [4.69, 9.17) is 4.42 Å². The van der Waals surface area contributed by atoms with Crippen LogP contribution >= 0.6 is 11.3 Å². The van der Waals surface area contributed by atoms with Crippen molar-refractivity contribution in [2.24, 2.45) is 0 Å². The zero-order chi connectivity index (χ0) is 18.4. The summed E-state index contributed by atoms with van der Waals surface area (Å²) in [5.74, 6) is 0.362. The Morgan fingerprint density at radius 1 is 1.46 bits per heavy atom. The molecule has 26 heavy (non-hydrogen) atoms. The number of furan rings is 1. The Morgan fingerprint density at radius 2 is 2.35 bits per heavy atom. The fraction of sp³-hybridized carbons (Fsp3) is 0.500. The van der Waals surface area contributed by atoms with Crippen LogP contribution < -0.4 is 10.6 Å². The zero-order valence-corrected chi connectivity index (χ0v) is 15.7. The largest absolute Gasteiger partial charge is 0.467 e. The third-order valence-electron chi connectivity index (χ3n) is 4.36. The molecule has 1 saturated heterocycles. The molecular formula is C18H24N4O3S. The van der Waals surface area contributed by atoms with Gasteiger partial charge in [-0.1, -0.05) is 13.3 Å². The van der Waals surface area contributed by atoms with Crippen LogP contribution in [0.1, 0.15) is 48.9 Å². The number of unbranched alkanes of at least 4 members (excludes halogenated alkanes) is 1. The molecule has 0 aliphatic carbocycles. The maximum atomic E-state index is 12.8. The standard InChI is InChI=1S/C18H24N4O3S/c1-2-3-8-19-18-21-14(12-26-18)17(24)22-9-4-7-15(22)16(23)20-11-13-6-5-10-25-13/h5-6,10,12,15H,2-4,7-9,11H2,1H3,(H,19,21)(H,20,23). The summed E-state index contributed by atoms with van der Waals surface area (Å²) in [5, 5.41) is 8.58. The van der Waals surface area contributed by atoms with Gasteiger partial charge >= 0.3 is 0 Å². The third-order valence-corrected chi connectivity index (χ3v) is 5.16. The molecule has 140 valence electrons. The summed E-state index contributed by atoms with van der Waals surface area (Å²) in [6.45, 7) is 3.88. The first kappa shape index (κ1) is 18.4. The molecule has 3 rings (SSSR count). The lowest BCUT2D eigenvalue weighted by molar-refractivity contribution is -0.125. The fourth-order valence-electron chi connectivity index (χ4n) is 2.96. The third kappa shape index (κ3) is 4.43. The van der Waals surface area contributed by atoms with E-state index in [1.165, 1.54) is 11.3 Å². The second kappa shape index (κ2) is 8.84. The Hall–Kier alpha value is -2.35. The van der Waals surface area contributed by atoms with Crippen molar-refractivity contribution in [3.8, 4) is 0 Å². The van der Waals surface area contributed by atoms with Crippen molar-refractivity contribution >= 4 is 28.3 Å². The topological polar surface area (TPSA) is 87.5 Å². The summed E-state index contributed by atoms with van der Waals surface area (Å²) in [7, 11) is 0. The molecular weight excluding hydrogens is 352 g/mol. The van der Waals surface area contributed by atoms with E-state index in [2.05, 4.69) is 22.5 Å². The molecule has 1 aliphatic rings. The zero-order valence-electron chi connectivity index (χ0n) is 14.9. The van der Waals surface area contributed by atoms with Crippen molar-refractivity contribution in [2.75, 3.05) is 18.4 Å². The number of rotatable bonds is 8. The van der Waals surface area contributed by atoms with Gasteiger partial charge in [-0.05, 0) is 31.4 Å². The van der Waals surface area contributed by atoms with Crippen LogP contribution in [0.25, 0.3) is 0 Å². The van der Waals surface area contributed by atoms with Gasteiger partial charge in [-0.2, -0.15) is 0 Å². The minimum absolute atomic E-state index is 0.149. The summed E-state index contributed by atoms with van der Waals surface area (Å²) in [4.78, 5) is 31.3. The highest BCUT2D eigenvalue weighted by atomic mass is 32.1. The smallest absolute Gasteiger partial charge is 0.274 e. The van der Waals surface area contributed by atoms with Gasteiger partial charge < -0.3 is 20.0 Å². The van der Waals surface area contributed by atoms with Gasteiger partial charge in [0.25, 0.3) is 5.91 Å². The quantitative estimate of drug-likeness (QED) is 0.692. The lowest BCUT2D eigenvalue weighted by atomic mass is 10.2. The van der Waals surface area contributed by atoms with Crippen molar-refractivity contribution in [1.82, 2.24) is 15.2 Å². The second-order valence-electron chi connectivity index (χ2n) is 6.27. The van der Waals surface area contributed by atoms with E-state index in [0.29, 0.717) is 31.0 Å². The van der Waals surface area contributed by atoms with Gasteiger partial charge in [0.2, 0.25) is 5.91 Å². The van der Waals surface area contributed by atoms with Crippen LogP contribution in [0, 0.1) is 0 Å². The molecule has 0 spiro atoms. The number of hydrogen-bond donors (Lipinski definition) is 2. The van der Waals surface area contributed by atoms with E-state index in [1.54, 1.807) is 28.7 Å². The van der Waals surface area contributed by atoms with Crippen LogP contribution in [0.5, 0.6) is 0 Å². The van der Waals surface area contributed by atoms with E-state index < -0.39 is 6.04 Å². The highest BCUT2D eigenvalue weighted by molar-refractivity contribution is 7.13. The number of anilines is 1. The predicted molar refractivity (Wildman–Crippen MR) is 100 cm³/mol. The summed E-state index contributed by atoms with van der Waals surface area (Å²) in [5.41, 5.74) is 0.403. The van der Waals surface area contributed by atoms with E-state index in [0.717, 1.165) is 30.9 Å². The molecule has 1 atom stereocenters. The fourth-order valence-corrected chi connectivity index (χ4v) is 3.67. The van der Waals surface area contributed by atoms with Crippen molar-refractivity contribution in [3.05, 3.63) is 35.2 Å². The molecule has 8 heteroatoms. The average Bonchev–Trinajstić information content (AvgIpc) is 3.40. The van der Waals surface area contributed by atoms with E-state index >= 15 is 0 Å². The number of aromatic nitrogens is 1. The van der Waals surface area contributed by atoms with Gasteiger partial charge in [0.15, 0.2) is 5.13 Å². The Bertz CT molecular complexity index is 729. The van der Waals surface area contributed by atoms with Crippen LogP contribution in [0.15, 0.2) is 28.2 Å². The Kier molecular flexibility index (Phi) is 6.27. The van der Waals surface area contributed by atoms with Crippen LogP contribution in [-0.4, -0.2) is 40.8 Å². The van der Waals surface area contributed by atoms with Crippen molar-refractivity contribution < 1.29 is 14.0 Å². The first-order chi connectivity index (χ1) is 12.7. The van der Waals surface area contributed by atoms with Crippen molar-refractivity contribution in [2.45, 2.75) is 45.2 Å². The molecule has 7 nitrogen and oxygen atoms in total. The van der Waals surface area contributed by atoms with Crippen LogP contribution in [-0.2, 0) is 11.3 Å². The molecule has 2 N–H and O–H groups in total. The number of nitrogens with zero attached hydrogens (tertiary/aromatic N) is 2. The van der Waals surface area contributed by atoms with E-state index in [1.807, 2.05) is 0 Å². The van der Waals surface area contributed by atoms with Crippen LogP contribution in [0.4, 0.5) is 5.13 Å². The van der Waals surface area contributed by atoms with E-state index in [9.17, 15) is 9.59 Å². The van der Waals surface area contributed by atoms with Gasteiger partial charge in [-0.25, -0.2) is 4.98 Å². The number of carbonyl (C=O) groups excluding carboxylic acids is 2. The lowest BCUT2D eigenvalue weighted by Gasteiger charge is -2.23. The lowest BCUT2D eigenvalue weighted by Crippen LogP contribution is -2.45. The summed E-state index contributed by atoms with van der Waals surface area (Å²) in [6.07, 6.45) is 5.22. The first-order valence-corrected chi connectivity index (χ1v) is 9.87. The second-order valence-corrected chi connectivity index (χ2v) is 7.13. The Morgan fingerprint density at radius 3 is 3.12 bits per heavy atom. The molecule has 1 unspecified atom stereocenters. The van der Waals surface area contributed by atoms with Crippen LogP contribution in [0.3, 0.4) is 0 Å². The molecule has 0 bridgehead atoms. The van der Waals surface area contributed by atoms with Gasteiger partial charge in [-0.3, -0.25) is 9.59 Å². The molecule has 1 aliphatic heterocycles. The molecule has 0 radical (unpaired) electrons. The highest BCUT2D eigenvalue weighted by Gasteiger charge is 2.35. The predicted octanol–water partition coefficient (Wildman–Crippen LogP) is 2.87. The van der Waals surface area contributed by atoms with Gasteiger partial charge in [0.1, 0.15) is 17.5 Å². The minimum Gasteiger partial charge on any atom is -0.467 e. The van der Waals surface area contributed by atoms with Crippen molar-refractivity contribution in [1.29, 1.82) is 0 Å². The average molecular weight is 376 g/mol. The molecule has 2 aromatic rings. The number of carbonyl (C=O) groups is 2. The number of nitrogens with one attached hydrogen (secondary N) is 2. The minimum atomic E-state index is -0.448. The van der Waals surface area contributed by atoms with Crippen LogP contribution in [0.2, 0.25) is 0 Å². The maximum Gasteiger partial charge on any atom is 0.274 e. The SMILES string of the molecule is CCCCNc1nc(C(=O)N2CCCC2C(=O)NCc2ccco2)cs1. The van der Waals surface area contributed by atoms with E-state index in [-0.39, 0.29) is 11.8 Å². The first-order valence-electron chi connectivity index (χ1n) is 8.99. The maximum absolute atomic E-state index is 12.8. The normalized spacial score (nSPS) is 16.7. The number of likely N-dealkylation sites (tertiary alicyclic amines) is 1. The van der Waals surface area contributed by atoms with Crippen molar-refractivity contribution in [3.63, 3.8) is 0 Å². The molecule has 2 aromatic heterocycles. The summed E-state index contributed by atoms with van der Waals surface area (Å²) >= 11 is 1.42. The van der Waals surface area contributed by atoms with Gasteiger partial charge in [0, 0.05) is 18.5 Å². The summed E-state index contributed by atoms with van der Waals surface area (Å²) in [6, 6.07) is 3.14. The molecule has 1 fully saturated rings. The monoisotopic (exact) mass is 376 g/mol. The highest BCUT2D eigenvalue weighted by Crippen LogP contribution is 2.23. The molecule has 2 amide bonds. The molecule has 0 saturated carbocycles. The number of thiazole rings is 1. The van der Waals surface area contributed by atoms with Gasteiger partial charge in [0.05, 0.1) is 12.8 Å². The number of hydrogen-bond acceptors (Lipinski definition) is 6. The molecule has 0 aromatic carbocycles. The van der Waals surface area contributed by atoms with Gasteiger partial charge in [-0.15, -0.1) is 11.3 Å². The Labute approximate surface area is 156 Å². The number of amides is 2. The molecule has 3 heterocycles.